The first-order valence-electron chi connectivity index (χ1n) is 19.0. The number of aromatic hydroxyl groups is 1. The third kappa shape index (κ3) is 4.95. The highest BCUT2D eigenvalue weighted by Gasteiger charge is 2.69. The van der Waals surface area contributed by atoms with Gasteiger partial charge in [0.2, 0.25) is 17.6 Å². The molecule has 4 aliphatic rings. The Kier molecular flexibility index (Phi) is 7.74. The van der Waals surface area contributed by atoms with Crippen LogP contribution in [0.2, 0.25) is 0 Å². The quantitative estimate of drug-likeness (QED) is 0.165. The van der Waals surface area contributed by atoms with E-state index in [9.17, 15) is 24.3 Å². The van der Waals surface area contributed by atoms with Crippen LogP contribution in [0.5, 0.6) is 5.88 Å². The van der Waals surface area contributed by atoms with Gasteiger partial charge >= 0.3 is 0 Å². The number of hydrogen-bond acceptors (Lipinski definition) is 8. The van der Waals surface area contributed by atoms with Crippen LogP contribution in [0.4, 0.5) is 11.4 Å². The predicted molar refractivity (Wildman–Crippen MR) is 217 cm³/mol. The van der Waals surface area contributed by atoms with Crippen LogP contribution >= 0.6 is 0 Å². The molecule has 0 radical (unpaired) electrons. The average molecular weight is 753 g/mol. The number of carbonyl (C=O) groups is 3. The molecule has 2 fully saturated rings. The lowest BCUT2D eigenvalue weighted by molar-refractivity contribution is -0.123. The third-order valence-electron chi connectivity index (χ3n) is 11.6. The predicted octanol–water partition coefficient (Wildman–Crippen LogP) is 6.96. The summed E-state index contributed by atoms with van der Waals surface area (Å²) in [5.41, 5.74) is 4.17. The number of nitrogens with one attached hydrogen (secondary N) is 2. The van der Waals surface area contributed by atoms with Crippen molar-refractivity contribution in [2.24, 2.45) is 22.7 Å². The maximum absolute atomic E-state index is 14.3. The van der Waals surface area contributed by atoms with E-state index in [1.54, 1.807) is 34.9 Å². The smallest absolute Gasteiger partial charge is 0.266 e. The zero-order chi connectivity index (χ0) is 39.2. The van der Waals surface area contributed by atoms with Crippen molar-refractivity contribution < 1.29 is 19.5 Å². The number of aromatic nitrogens is 3. The number of aromatic amines is 1. The van der Waals surface area contributed by atoms with E-state index in [1.165, 1.54) is 4.90 Å². The van der Waals surface area contributed by atoms with Crippen molar-refractivity contribution in [2.75, 3.05) is 4.90 Å². The van der Waals surface area contributed by atoms with E-state index in [1.807, 2.05) is 97.1 Å². The van der Waals surface area contributed by atoms with Crippen molar-refractivity contribution in [3.63, 3.8) is 0 Å². The van der Waals surface area contributed by atoms with Crippen LogP contribution in [0.15, 0.2) is 137 Å². The number of para-hydroxylation sites is 5. The van der Waals surface area contributed by atoms with Gasteiger partial charge in [0.15, 0.2) is 5.88 Å². The SMILES string of the molecule is CC(C)CC1NC2(c3ccccc3-n3c2nc2ccccc2c3=O)[C@H]2C(=O)N(c3ccccc3)C(=O)[C@@H]12.O=C1C(c2c(O)[nH]c3ccccc23)=Nc2ccccc21. The molecule has 1 spiro atoms. The summed E-state index contributed by atoms with van der Waals surface area (Å²) >= 11 is 0. The van der Waals surface area contributed by atoms with Gasteiger partial charge in [-0.3, -0.25) is 29.1 Å². The molecule has 5 aromatic carbocycles. The van der Waals surface area contributed by atoms with Crippen LogP contribution in [0.25, 0.3) is 27.5 Å². The fourth-order valence-electron chi connectivity index (χ4n) is 9.36. The maximum Gasteiger partial charge on any atom is 0.266 e. The van der Waals surface area contributed by atoms with Gasteiger partial charge in [-0.25, -0.2) is 14.9 Å². The molecule has 57 heavy (non-hydrogen) atoms. The highest BCUT2D eigenvalue weighted by Crippen LogP contribution is 2.56. The molecule has 11 heteroatoms. The fraction of sp³-hybridized carbons (Fsp3) is 0.174. The first-order chi connectivity index (χ1) is 27.7. The molecule has 4 aliphatic heterocycles. The minimum atomic E-state index is -1.10. The van der Waals surface area contributed by atoms with E-state index < -0.39 is 17.4 Å². The number of amides is 2. The van der Waals surface area contributed by atoms with Crippen molar-refractivity contribution in [2.45, 2.75) is 31.8 Å². The molecule has 0 bridgehead atoms. The molecule has 4 atom stereocenters. The summed E-state index contributed by atoms with van der Waals surface area (Å²) in [6, 6.07) is 38.5. The van der Waals surface area contributed by atoms with Crippen LogP contribution < -0.4 is 15.8 Å². The van der Waals surface area contributed by atoms with Gasteiger partial charge in [-0.2, -0.15) is 0 Å². The first-order valence-corrected chi connectivity index (χ1v) is 19.0. The van der Waals surface area contributed by atoms with Gasteiger partial charge < -0.3 is 10.1 Å². The molecule has 3 N–H and O–H groups in total. The molecule has 0 saturated carbocycles. The van der Waals surface area contributed by atoms with Crippen molar-refractivity contribution in [3.05, 3.63) is 160 Å². The van der Waals surface area contributed by atoms with Crippen molar-refractivity contribution in [1.29, 1.82) is 0 Å². The fourth-order valence-corrected chi connectivity index (χ4v) is 9.36. The number of fused-ring (bicyclic) bond motifs is 10. The molecule has 6 heterocycles. The molecule has 2 aromatic heterocycles. The van der Waals surface area contributed by atoms with Gasteiger partial charge in [0, 0.05) is 28.1 Å². The summed E-state index contributed by atoms with van der Waals surface area (Å²) in [4.78, 5) is 68.2. The maximum atomic E-state index is 14.3. The summed E-state index contributed by atoms with van der Waals surface area (Å²) in [7, 11) is 0. The normalized spacial score (nSPS) is 21.5. The van der Waals surface area contributed by atoms with Crippen molar-refractivity contribution in [3.8, 4) is 11.6 Å². The minimum Gasteiger partial charge on any atom is -0.494 e. The summed E-state index contributed by atoms with van der Waals surface area (Å²) in [6.45, 7) is 4.23. The lowest BCUT2D eigenvalue weighted by Gasteiger charge is -2.32. The number of imide groups is 1. The Morgan fingerprint density at radius 3 is 2.25 bits per heavy atom. The second-order valence-corrected chi connectivity index (χ2v) is 15.4. The lowest BCUT2D eigenvalue weighted by atomic mass is 9.75. The minimum absolute atomic E-state index is 0.0221. The standard InChI is InChI=1S/C30H26N4O3.C16H10N2O2/c1-17(2)16-22-24-25(28(37)33(27(24)36)18-10-4-3-5-11-18)30(32-22)20-13-7-9-15-23(20)34-26(35)19-12-6-8-14-21(19)31-29(30)34;19-15-10-6-2-4-8-12(10)17-14(15)13-9-5-1-3-7-11(9)18-16(13)20/h3-15,17,22,24-25,32H,16H2,1-2H3;1-8,18,20H/t22?,24-,25+,30?;/m0./s1. The molecular weight excluding hydrogens is 717 g/mol. The van der Waals surface area contributed by atoms with Crippen LogP contribution in [-0.2, 0) is 15.1 Å². The number of nitrogens with zero attached hydrogens (tertiary/aromatic N) is 4. The van der Waals surface area contributed by atoms with Gasteiger partial charge in [0.25, 0.3) is 5.56 Å². The molecule has 11 nitrogen and oxygen atoms in total. The number of anilines is 1. The van der Waals surface area contributed by atoms with Gasteiger partial charge in [-0.15, -0.1) is 0 Å². The Hall–Kier alpha value is -6.98. The van der Waals surface area contributed by atoms with Gasteiger partial charge in [-0.1, -0.05) is 92.7 Å². The molecule has 2 unspecified atom stereocenters. The molecule has 7 aromatic rings. The second-order valence-electron chi connectivity index (χ2n) is 15.4. The summed E-state index contributed by atoms with van der Waals surface area (Å²) < 4.78 is 1.64. The molecule has 11 rings (SSSR count). The molecule has 0 aliphatic carbocycles. The van der Waals surface area contributed by atoms with Crippen LogP contribution in [-0.4, -0.2) is 49.0 Å². The van der Waals surface area contributed by atoms with E-state index >= 15 is 0 Å². The summed E-state index contributed by atoms with van der Waals surface area (Å²) in [6.07, 6.45) is 0.713. The average Bonchev–Trinajstić information content (AvgIpc) is 3.98. The Morgan fingerprint density at radius 2 is 1.46 bits per heavy atom. The number of aliphatic imine (C=N–C) groups is 1. The van der Waals surface area contributed by atoms with E-state index in [4.69, 9.17) is 4.98 Å². The molecule has 2 amide bonds. The van der Waals surface area contributed by atoms with E-state index in [0.29, 0.717) is 63.0 Å². The van der Waals surface area contributed by atoms with Crippen LogP contribution in [0.1, 0.15) is 47.6 Å². The Labute approximate surface area is 326 Å². The van der Waals surface area contributed by atoms with E-state index in [-0.39, 0.29) is 35.1 Å². The second kappa shape index (κ2) is 12.8. The molecular formula is C46H36N6O5. The topological polar surface area (TPSA) is 150 Å². The first kappa shape index (κ1) is 34.5. The van der Waals surface area contributed by atoms with E-state index in [2.05, 4.69) is 29.1 Å². The number of ketones is 1. The Balaban J connectivity index is 0.000000166. The summed E-state index contributed by atoms with van der Waals surface area (Å²) in [5, 5.41) is 15.2. The van der Waals surface area contributed by atoms with E-state index in [0.717, 1.165) is 16.5 Å². The highest BCUT2D eigenvalue weighted by atomic mass is 16.3. The zero-order valence-electron chi connectivity index (χ0n) is 31.0. The Bertz CT molecular complexity index is 2930. The molecule has 280 valence electrons. The zero-order valence-corrected chi connectivity index (χ0v) is 31.0. The lowest BCUT2D eigenvalue weighted by Crippen LogP contribution is -2.50. The van der Waals surface area contributed by atoms with Gasteiger partial charge in [-0.05, 0) is 60.9 Å². The van der Waals surface area contributed by atoms with Crippen LogP contribution in [0, 0.1) is 17.8 Å². The highest BCUT2D eigenvalue weighted by molar-refractivity contribution is 6.56. The number of H-pyrrole nitrogens is 1. The van der Waals surface area contributed by atoms with Crippen molar-refractivity contribution >= 4 is 56.5 Å². The number of rotatable bonds is 4. The summed E-state index contributed by atoms with van der Waals surface area (Å²) in [5.74, 6) is -1.15. The van der Waals surface area contributed by atoms with Crippen LogP contribution in [0.3, 0.4) is 0 Å². The number of benzene rings is 5. The monoisotopic (exact) mass is 752 g/mol. The van der Waals surface area contributed by atoms with Crippen molar-refractivity contribution in [1.82, 2.24) is 19.9 Å². The molecule has 2 saturated heterocycles. The van der Waals surface area contributed by atoms with Gasteiger partial charge in [0.1, 0.15) is 17.1 Å². The number of Topliss-reactive ketones (excluding diaryl/α,β-unsaturated/α-hetero) is 1. The number of carbonyl (C=O) groups excluding carboxylic acids is 3. The Morgan fingerprint density at radius 1 is 0.772 bits per heavy atom. The number of hydrogen-bond donors (Lipinski definition) is 3. The third-order valence-corrected chi connectivity index (χ3v) is 11.6. The largest absolute Gasteiger partial charge is 0.494 e. The van der Waals surface area contributed by atoms with Gasteiger partial charge in [0.05, 0.1) is 45.4 Å².